The van der Waals surface area contributed by atoms with Crippen molar-refractivity contribution in [1.82, 2.24) is 0 Å². The Morgan fingerprint density at radius 2 is 1.95 bits per heavy atom. The Hall–Kier alpha value is -1.67. The van der Waals surface area contributed by atoms with E-state index in [-0.39, 0.29) is 35.8 Å². The van der Waals surface area contributed by atoms with Crippen LogP contribution in [0.5, 0.6) is 0 Å². The average Bonchev–Trinajstić information content (AvgIpc) is 2.65. The normalized spacial score (nSPS) is 24.4. The Bertz CT molecular complexity index is 675. The fourth-order valence-corrected chi connectivity index (χ4v) is 3.65. The lowest BCUT2D eigenvalue weighted by molar-refractivity contribution is -0.123. The molecule has 0 aromatic heterocycles. The number of anilines is 2. The summed E-state index contributed by atoms with van der Waals surface area (Å²) in [6.45, 7) is 0.434. The molecule has 2 heterocycles. The molecule has 8 heteroatoms. The molecule has 0 saturated carbocycles. The molecule has 0 radical (unpaired) electrons. The van der Waals surface area contributed by atoms with Crippen molar-refractivity contribution in [1.29, 1.82) is 0 Å². The largest absolute Gasteiger partial charge is 0.378 e. The molecule has 0 spiro atoms. The third-order valence-electron chi connectivity index (χ3n) is 3.60. The summed E-state index contributed by atoms with van der Waals surface area (Å²) in [7, 11) is -3.04. The molecule has 20 heavy (non-hydrogen) atoms. The number of hydrogen-bond donors (Lipinski definition) is 2. The lowest BCUT2D eigenvalue weighted by atomic mass is 10.1. The maximum absolute atomic E-state index is 14.1. The molecule has 2 aliphatic rings. The van der Waals surface area contributed by atoms with Crippen molar-refractivity contribution in [2.24, 2.45) is 0 Å². The van der Waals surface area contributed by atoms with Crippen LogP contribution in [0.15, 0.2) is 12.1 Å². The number of nitrogens with zero attached hydrogens (tertiary/aromatic N) is 1. The molecule has 1 amide bonds. The van der Waals surface area contributed by atoms with Crippen molar-refractivity contribution in [2.45, 2.75) is 6.10 Å². The van der Waals surface area contributed by atoms with Gasteiger partial charge < -0.3 is 15.3 Å². The van der Waals surface area contributed by atoms with E-state index in [0.717, 1.165) is 6.07 Å². The quantitative estimate of drug-likeness (QED) is 0.765. The van der Waals surface area contributed by atoms with Crippen LogP contribution in [0.4, 0.5) is 15.8 Å². The average molecular weight is 300 g/mol. The van der Waals surface area contributed by atoms with E-state index in [1.54, 1.807) is 4.90 Å². The lowest BCUT2D eigenvalue weighted by Crippen LogP contribution is -2.40. The minimum Gasteiger partial charge on any atom is -0.378 e. The molecule has 1 aromatic carbocycles. The first-order valence-corrected chi connectivity index (χ1v) is 7.97. The molecular formula is C12H13FN2O4S. The standard InChI is InChI=1S/C12H13FN2O4S/c13-8-5-7-9(14-12(17)11(7)16)6-10(8)15-1-3-20(18,19)4-2-15/h5-6,11,16H,1-4H2,(H,14,17). The SMILES string of the molecule is O=C1Nc2cc(N3CCS(=O)(=O)CC3)c(F)cc2C1O. The molecule has 0 aliphatic carbocycles. The zero-order valence-electron chi connectivity index (χ0n) is 10.5. The molecule has 108 valence electrons. The fraction of sp³-hybridized carbons (Fsp3) is 0.417. The zero-order valence-corrected chi connectivity index (χ0v) is 11.3. The fourth-order valence-electron chi connectivity index (χ4n) is 2.45. The van der Waals surface area contributed by atoms with Crippen LogP contribution >= 0.6 is 0 Å². The highest BCUT2D eigenvalue weighted by molar-refractivity contribution is 7.91. The first-order valence-electron chi connectivity index (χ1n) is 6.15. The van der Waals surface area contributed by atoms with E-state index in [4.69, 9.17) is 0 Å². The Morgan fingerprint density at radius 3 is 2.60 bits per heavy atom. The summed E-state index contributed by atoms with van der Waals surface area (Å²) in [5.41, 5.74) is 0.821. The third-order valence-corrected chi connectivity index (χ3v) is 5.21. The Labute approximate surface area is 115 Å². The maximum atomic E-state index is 14.1. The third kappa shape index (κ3) is 2.14. The first kappa shape index (κ1) is 13.3. The van der Waals surface area contributed by atoms with Gasteiger partial charge in [-0.3, -0.25) is 4.79 Å². The maximum Gasteiger partial charge on any atom is 0.257 e. The number of carbonyl (C=O) groups is 1. The smallest absolute Gasteiger partial charge is 0.257 e. The number of sulfone groups is 1. The van der Waals surface area contributed by atoms with Gasteiger partial charge in [0.15, 0.2) is 15.9 Å². The number of aliphatic hydroxyl groups is 1. The van der Waals surface area contributed by atoms with Crippen LogP contribution in [-0.2, 0) is 14.6 Å². The number of fused-ring (bicyclic) bond motifs is 1. The van der Waals surface area contributed by atoms with Gasteiger partial charge in [0.2, 0.25) is 0 Å². The van der Waals surface area contributed by atoms with Crippen molar-refractivity contribution in [3.8, 4) is 0 Å². The Morgan fingerprint density at radius 1 is 1.30 bits per heavy atom. The van der Waals surface area contributed by atoms with Crippen LogP contribution in [-0.4, -0.2) is 44.0 Å². The van der Waals surface area contributed by atoms with Gasteiger partial charge in [0.25, 0.3) is 5.91 Å². The minimum atomic E-state index is -3.04. The molecular weight excluding hydrogens is 287 g/mol. The highest BCUT2D eigenvalue weighted by Gasteiger charge is 2.31. The van der Waals surface area contributed by atoms with Crippen molar-refractivity contribution in [3.63, 3.8) is 0 Å². The zero-order chi connectivity index (χ0) is 14.5. The van der Waals surface area contributed by atoms with Gasteiger partial charge in [-0.25, -0.2) is 12.8 Å². The molecule has 0 bridgehead atoms. The van der Waals surface area contributed by atoms with Gasteiger partial charge in [-0.1, -0.05) is 0 Å². The first-order chi connectivity index (χ1) is 9.37. The number of benzene rings is 1. The number of amides is 1. The summed E-state index contributed by atoms with van der Waals surface area (Å²) < 4.78 is 36.8. The van der Waals surface area contributed by atoms with Crippen LogP contribution in [0.25, 0.3) is 0 Å². The second-order valence-electron chi connectivity index (χ2n) is 4.92. The van der Waals surface area contributed by atoms with Crippen molar-refractivity contribution >= 4 is 27.1 Å². The van der Waals surface area contributed by atoms with E-state index >= 15 is 0 Å². The molecule has 2 N–H and O–H groups in total. The predicted molar refractivity (Wildman–Crippen MR) is 70.9 cm³/mol. The van der Waals surface area contributed by atoms with Crippen LogP contribution in [0.3, 0.4) is 0 Å². The Balaban J connectivity index is 1.93. The van der Waals surface area contributed by atoms with Crippen molar-refractivity contribution < 1.29 is 22.7 Å². The van der Waals surface area contributed by atoms with Crippen molar-refractivity contribution in [2.75, 3.05) is 34.8 Å². The second-order valence-corrected chi connectivity index (χ2v) is 7.23. The molecule has 1 unspecified atom stereocenters. The van der Waals surface area contributed by atoms with Crippen molar-refractivity contribution in [3.05, 3.63) is 23.5 Å². The molecule has 1 atom stereocenters. The summed E-state index contributed by atoms with van der Waals surface area (Å²) in [6.07, 6.45) is -1.35. The molecule has 3 rings (SSSR count). The number of nitrogens with one attached hydrogen (secondary N) is 1. The molecule has 6 nitrogen and oxygen atoms in total. The van der Waals surface area contributed by atoms with Crippen LogP contribution in [0.1, 0.15) is 11.7 Å². The van der Waals surface area contributed by atoms with Crippen LogP contribution < -0.4 is 10.2 Å². The monoisotopic (exact) mass is 300 g/mol. The van der Waals surface area contributed by atoms with E-state index in [0.29, 0.717) is 5.69 Å². The number of rotatable bonds is 1. The molecule has 1 fully saturated rings. The second kappa shape index (κ2) is 4.42. The van der Waals surface area contributed by atoms with E-state index in [9.17, 15) is 22.7 Å². The Kier molecular flexibility index (Phi) is 2.94. The van der Waals surface area contributed by atoms with Gasteiger partial charge in [-0.2, -0.15) is 0 Å². The topological polar surface area (TPSA) is 86.7 Å². The number of aliphatic hydroxyl groups excluding tert-OH is 1. The van der Waals surface area contributed by atoms with E-state index in [1.807, 2.05) is 0 Å². The molecule has 1 saturated heterocycles. The lowest BCUT2D eigenvalue weighted by Gasteiger charge is -2.29. The van der Waals surface area contributed by atoms with E-state index in [1.165, 1.54) is 6.07 Å². The number of halogens is 1. The van der Waals surface area contributed by atoms with Gasteiger partial charge in [0.05, 0.1) is 17.2 Å². The highest BCUT2D eigenvalue weighted by atomic mass is 32.2. The highest BCUT2D eigenvalue weighted by Crippen LogP contribution is 2.36. The van der Waals surface area contributed by atoms with E-state index < -0.39 is 27.7 Å². The summed E-state index contributed by atoms with van der Waals surface area (Å²) >= 11 is 0. The van der Waals surface area contributed by atoms with E-state index in [2.05, 4.69) is 5.32 Å². The number of hydrogen-bond acceptors (Lipinski definition) is 5. The van der Waals surface area contributed by atoms with Gasteiger partial charge in [0.1, 0.15) is 5.82 Å². The van der Waals surface area contributed by atoms with Gasteiger partial charge >= 0.3 is 0 Å². The summed E-state index contributed by atoms with van der Waals surface area (Å²) in [6, 6.07) is 2.56. The predicted octanol–water partition coefficient (Wildman–Crippen LogP) is 0.0460. The summed E-state index contributed by atoms with van der Waals surface area (Å²) in [5, 5.41) is 12.0. The van der Waals surface area contributed by atoms with Gasteiger partial charge in [-0.15, -0.1) is 0 Å². The van der Waals surface area contributed by atoms with Gasteiger partial charge in [0, 0.05) is 24.3 Å². The number of carbonyl (C=O) groups excluding carboxylic acids is 1. The minimum absolute atomic E-state index is 0.0154. The van der Waals surface area contributed by atoms with Gasteiger partial charge in [-0.05, 0) is 12.1 Å². The molecule has 2 aliphatic heterocycles. The van der Waals surface area contributed by atoms with Crippen LogP contribution in [0, 0.1) is 5.82 Å². The summed E-state index contributed by atoms with van der Waals surface area (Å²) in [4.78, 5) is 13.0. The summed E-state index contributed by atoms with van der Waals surface area (Å²) in [5.74, 6) is -1.19. The molecule has 1 aromatic rings. The van der Waals surface area contributed by atoms with Crippen LogP contribution in [0.2, 0.25) is 0 Å².